The number of aliphatic hydroxyl groups excluding tert-OH is 3. The molecule has 18 heteroatoms. The van der Waals surface area contributed by atoms with Gasteiger partial charge in [-0.15, -0.1) is 0 Å². The first-order valence-corrected chi connectivity index (χ1v) is 13.0. The number of rotatable bonds is 8. The van der Waals surface area contributed by atoms with Gasteiger partial charge in [0.15, 0.2) is 6.29 Å². The molecule has 3 heterocycles. The highest BCUT2D eigenvalue weighted by Crippen LogP contribution is 2.61. The summed E-state index contributed by atoms with van der Waals surface area (Å²) in [6.07, 6.45) is -7.84. The zero-order valence-corrected chi connectivity index (χ0v) is 19.8. The van der Waals surface area contributed by atoms with Gasteiger partial charge >= 0.3 is 21.3 Å². The number of hydrogen-bond acceptors (Lipinski definition) is 12. The Morgan fingerprint density at radius 2 is 1.76 bits per heavy atom. The maximum Gasteiger partial charge on any atom is 0.483 e. The lowest BCUT2D eigenvalue weighted by atomic mass is 10.0. The van der Waals surface area contributed by atoms with Crippen molar-refractivity contribution in [2.24, 2.45) is 0 Å². The number of aromatic amines is 1. The van der Waals surface area contributed by atoms with E-state index in [-0.39, 0.29) is 18.4 Å². The number of ether oxygens (including phenoxy) is 2. The third-order valence-corrected chi connectivity index (χ3v) is 7.79. The molecule has 2 unspecified atom stereocenters. The van der Waals surface area contributed by atoms with Crippen LogP contribution >= 0.6 is 15.6 Å². The Kier molecular flexibility index (Phi) is 8.35. The van der Waals surface area contributed by atoms with Gasteiger partial charge in [-0.05, 0) is 13.8 Å². The number of aliphatic hydroxyl groups is 3. The molecule has 3 rings (SSSR count). The van der Waals surface area contributed by atoms with E-state index < -0.39 is 76.5 Å². The number of aromatic nitrogens is 2. The summed E-state index contributed by atoms with van der Waals surface area (Å²) in [4.78, 5) is 45.1. The van der Waals surface area contributed by atoms with Gasteiger partial charge in [0.1, 0.15) is 18.4 Å². The highest BCUT2D eigenvalue weighted by atomic mass is 31.3. The second-order valence-corrected chi connectivity index (χ2v) is 10.9. The van der Waals surface area contributed by atoms with Crippen molar-refractivity contribution >= 4 is 15.6 Å². The van der Waals surface area contributed by atoms with Gasteiger partial charge < -0.3 is 34.6 Å². The summed E-state index contributed by atoms with van der Waals surface area (Å²) in [5.41, 5.74) is -1.18. The lowest BCUT2D eigenvalue weighted by Gasteiger charge is -2.35. The summed E-state index contributed by atoms with van der Waals surface area (Å²) in [5.74, 6) is 0. The van der Waals surface area contributed by atoms with E-state index in [1.165, 1.54) is 20.0 Å². The van der Waals surface area contributed by atoms with E-state index >= 15 is 0 Å². The van der Waals surface area contributed by atoms with Crippen LogP contribution in [-0.4, -0.2) is 78.1 Å². The summed E-state index contributed by atoms with van der Waals surface area (Å²) >= 11 is 0. The average molecular weight is 532 g/mol. The molecule has 6 N–H and O–H groups in total. The maximum atomic E-state index is 12.1. The van der Waals surface area contributed by atoms with Crippen LogP contribution in [0.15, 0.2) is 15.8 Å². The normalized spacial score (nSPS) is 35.6. The summed E-state index contributed by atoms with van der Waals surface area (Å²) in [5, 5.41) is 29.6. The molecule has 1 aromatic rings. The number of phosphoric ester groups is 2. The van der Waals surface area contributed by atoms with Crippen molar-refractivity contribution in [3.8, 4) is 0 Å². The van der Waals surface area contributed by atoms with Crippen LogP contribution in [0.4, 0.5) is 0 Å². The van der Waals surface area contributed by atoms with E-state index in [1.807, 2.05) is 0 Å². The van der Waals surface area contributed by atoms with Crippen molar-refractivity contribution in [2.45, 2.75) is 69.7 Å². The summed E-state index contributed by atoms with van der Waals surface area (Å²) in [6, 6.07) is 0. The van der Waals surface area contributed by atoms with E-state index in [0.717, 1.165) is 4.57 Å². The van der Waals surface area contributed by atoms with Crippen LogP contribution in [0.2, 0.25) is 0 Å². The topological polar surface area (TPSA) is 236 Å². The number of aryl methyl sites for hydroxylation is 1. The minimum atomic E-state index is -5.31. The van der Waals surface area contributed by atoms with Crippen molar-refractivity contribution in [3.05, 3.63) is 32.6 Å². The van der Waals surface area contributed by atoms with Gasteiger partial charge in [0.05, 0.1) is 24.9 Å². The second-order valence-electron chi connectivity index (χ2n) is 7.91. The van der Waals surface area contributed by atoms with Crippen LogP contribution in [0.1, 0.15) is 31.6 Å². The van der Waals surface area contributed by atoms with Crippen LogP contribution in [0.25, 0.3) is 0 Å². The fraction of sp³-hybridized carbons (Fsp3) is 0.750. The fourth-order valence-corrected chi connectivity index (χ4v) is 5.52. The minimum Gasteiger partial charge on any atom is -0.390 e. The van der Waals surface area contributed by atoms with E-state index in [1.54, 1.807) is 0 Å². The first-order valence-electron chi connectivity index (χ1n) is 10.0. The molecule has 34 heavy (non-hydrogen) atoms. The van der Waals surface area contributed by atoms with Crippen molar-refractivity contribution < 1.29 is 57.1 Å². The molecule has 0 radical (unpaired) electrons. The maximum absolute atomic E-state index is 12.1. The van der Waals surface area contributed by atoms with Crippen LogP contribution < -0.4 is 11.2 Å². The lowest BCUT2D eigenvalue weighted by molar-refractivity contribution is -0.233. The third kappa shape index (κ3) is 6.69. The first-order chi connectivity index (χ1) is 15.7. The molecule has 2 aliphatic heterocycles. The Morgan fingerprint density at radius 1 is 1.09 bits per heavy atom. The Bertz CT molecular complexity index is 1090. The monoisotopic (exact) mass is 532 g/mol. The van der Waals surface area contributed by atoms with Gasteiger partial charge in [-0.25, -0.2) is 13.9 Å². The van der Waals surface area contributed by atoms with Gasteiger partial charge in [-0.2, -0.15) is 4.31 Å². The second kappa shape index (κ2) is 10.4. The number of nitrogens with one attached hydrogen (secondary N) is 1. The van der Waals surface area contributed by atoms with Gasteiger partial charge in [0.2, 0.25) is 0 Å². The lowest BCUT2D eigenvalue weighted by Crippen LogP contribution is -2.46. The molecular weight excluding hydrogens is 506 g/mol. The molecule has 2 saturated heterocycles. The number of hydrogen-bond donors (Lipinski definition) is 6. The number of H-pyrrole nitrogens is 1. The summed E-state index contributed by atoms with van der Waals surface area (Å²) < 4.78 is 49.2. The molecule has 0 saturated carbocycles. The molecule has 2 aliphatic rings. The Morgan fingerprint density at radius 3 is 2.44 bits per heavy atom. The molecule has 0 bridgehead atoms. The Hall–Kier alpha value is -1.26. The predicted molar refractivity (Wildman–Crippen MR) is 109 cm³/mol. The van der Waals surface area contributed by atoms with E-state index in [2.05, 4.69) is 18.3 Å². The molecule has 194 valence electrons. The van der Waals surface area contributed by atoms with E-state index in [9.17, 15) is 43.8 Å². The third-order valence-electron chi connectivity index (χ3n) is 5.19. The SMILES string of the molecule is Cc1cn([C@H]2C[C@H](O)[C@@H](COP(=O)(O)OP(=O)(O)O[C@H]3O[C@@H](C)[C@H](O)C[C@H]3O)O2)c(=O)[nH]c1=O. The Labute approximate surface area is 191 Å². The largest absolute Gasteiger partial charge is 0.483 e. The Balaban J connectivity index is 1.57. The highest BCUT2D eigenvalue weighted by molar-refractivity contribution is 7.61. The smallest absolute Gasteiger partial charge is 0.390 e. The van der Waals surface area contributed by atoms with Crippen LogP contribution in [-0.2, 0) is 32.0 Å². The molecule has 16 nitrogen and oxygen atoms in total. The standard InChI is InChI=1S/C16H26N2O14P2/c1-7-5-18(16(23)17-14(7)22)13-4-10(20)12(30-13)6-28-33(24,25)32-34(26,27)31-15-11(21)3-9(19)8(2)29-15/h5,8-13,15,19-21H,3-4,6H2,1-2H3,(H,24,25)(H,26,27)(H,17,22,23)/t8-,9+,10-,11+,12+,13+,15+/m0/s1. The zero-order chi connectivity index (χ0) is 25.4. The van der Waals surface area contributed by atoms with Crippen LogP contribution in [0.5, 0.6) is 0 Å². The van der Waals surface area contributed by atoms with Crippen molar-refractivity contribution in [1.29, 1.82) is 0 Å². The van der Waals surface area contributed by atoms with Crippen LogP contribution in [0.3, 0.4) is 0 Å². The minimum absolute atomic E-state index is 0.126. The predicted octanol–water partition coefficient (Wildman–Crippen LogP) is -1.40. The zero-order valence-electron chi connectivity index (χ0n) is 18.0. The average Bonchev–Trinajstić information content (AvgIpc) is 3.07. The molecule has 0 aliphatic carbocycles. The van der Waals surface area contributed by atoms with E-state index in [4.69, 9.17) is 9.47 Å². The molecular formula is C16H26N2O14P2. The highest BCUT2D eigenvalue weighted by Gasteiger charge is 2.44. The van der Waals surface area contributed by atoms with Crippen LogP contribution in [0, 0.1) is 6.92 Å². The quantitative estimate of drug-likeness (QED) is 0.211. The van der Waals surface area contributed by atoms with Crippen molar-refractivity contribution in [3.63, 3.8) is 0 Å². The fourth-order valence-electron chi connectivity index (χ4n) is 3.35. The van der Waals surface area contributed by atoms with Crippen molar-refractivity contribution in [1.82, 2.24) is 9.55 Å². The summed E-state index contributed by atoms with van der Waals surface area (Å²) in [6.45, 7) is 2.09. The molecule has 9 atom stereocenters. The molecule has 0 spiro atoms. The van der Waals surface area contributed by atoms with E-state index in [0.29, 0.717) is 0 Å². The summed E-state index contributed by atoms with van der Waals surface area (Å²) in [7, 11) is -10.6. The van der Waals surface area contributed by atoms with Gasteiger partial charge in [0.25, 0.3) is 5.56 Å². The van der Waals surface area contributed by atoms with Gasteiger partial charge in [-0.3, -0.25) is 23.4 Å². The van der Waals surface area contributed by atoms with Gasteiger partial charge in [0, 0.05) is 24.6 Å². The molecule has 1 aromatic heterocycles. The molecule has 0 amide bonds. The molecule has 0 aromatic carbocycles. The number of nitrogens with zero attached hydrogens (tertiary/aromatic N) is 1. The van der Waals surface area contributed by atoms with Crippen molar-refractivity contribution in [2.75, 3.05) is 6.61 Å². The first kappa shape index (κ1) is 27.3. The van der Waals surface area contributed by atoms with Gasteiger partial charge in [-0.1, -0.05) is 0 Å². The number of phosphoric acid groups is 2. The molecule has 2 fully saturated rings.